The summed E-state index contributed by atoms with van der Waals surface area (Å²) < 4.78 is 35.6. The highest BCUT2D eigenvalue weighted by Crippen LogP contribution is 2.50. The fraction of sp³-hybridized carbons (Fsp3) is 0.263. The lowest BCUT2D eigenvalue weighted by Crippen LogP contribution is -2.52. The number of hydrogen-bond acceptors (Lipinski definition) is 7. The van der Waals surface area contributed by atoms with Gasteiger partial charge in [-0.05, 0) is 30.3 Å². The van der Waals surface area contributed by atoms with Gasteiger partial charge < -0.3 is 15.8 Å². The predicted molar refractivity (Wildman–Crippen MR) is 111 cm³/mol. The number of carbonyl (C=O) groups is 1. The first-order chi connectivity index (χ1) is 13.9. The van der Waals surface area contributed by atoms with Gasteiger partial charge in [-0.15, -0.1) is 12.4 Å². The second kappa shape index (κ2) is 8.18. The summed E-state index contributed by atoms with van der Waals surface area (Å²) in [4.78, 5) is 20.6. The fourth-order valence-corrected chi connectivity index (χ4v) is 4.32. The molecule has 2 atom stereocenters. The Balaban J connectivity index is 0.00000256. The van der Waals surface area contributed by atoms with Crippen molar-refractivity contribution in [2.24, 2.45) is 10.7 Å². The van der Waals surface area contributed by atoms with Crippen LogP contribution in [0.4, 0.5) is 14.5 Å². The third-order valence-corrected chi connectivity index (χ3v) is 5.92. The average Bonchev–Trinajstić information content (AvgIpc) is 3.06. The van der Waals surface area contributed by atoms with Gasteiger partial charge in [-0.1, -0.05) is 11.8 Å². The molecule has 7 nitrogen and oxygen atoms in total. The SMILES string of the molecule is Cl.N#Cc1ccc(C(=O)Nc2ccc(F)c([C@]34COC[C@@]3(F)CSC(N)=N4)c2)nc1. The van der Waals surface area contributed by atoms with Crippen molar-refractivity contribution in [1.82, 2.24) is 4.98 Å². The van der Waals surface area contributed by atoms with E-state index >= 15 is 4.39 Å². The van der Waals surface area contributed by atoms with E-state index in [0.29, 0.717) is 5.56 Å². The van der Waals surface area contributed by atoms with Crippen LogP contribution in [-0.4, -0.2) is 40.7 Å². The first-order valence-electron chi connectivity index (χ1n) is 8.59. The summed E-state index contributed by atoms with van der Waals surface area (Å²) in [5.41, 5.74) is 2.88. The number of nitrogens with two attached hydrogens (primary N) is 1. The zero-order valence-electron chi connectivity index (χ0n) is 15.4. The number of aromatic nitrogens is 1. The van der Waals surface area contributed by atoms with Crippen molar-refractivity contribution >= 4 is 40.9 Å². The Bertz CT molecular complexity index is 1060. The van der Waals surface area contributed by atoms with Gasteiger partial charge in [0.15, 0.2) is 16.4 Å². The first kappa shape index (κ1) is 22.0. The standard InChI is InChI=1S/C19H15F2N5O2S.ClH/c20-14-3-2-12(25-16(27)15-4-1-11(6-22)7-24-15)5-13(14)19-9-28-8-18(19,21)10-29-17(23)26-19;/h1-5,7H,8-10H2,(H2,23,26)(H,25,27);1H/t18-,19-;/m1./s1. The van der Waals surface area contributed by atoms with Crippen LogP contribution in [-0.2, 0) is 10.3 Å². The average molecular weight is 452 g/mol. The lowest BCUT2D eigenvalue weighted by atomic mass is 9.79. The van der Waals surface area contributed by atoms with Crippen LogP contribution < -0.4 is 11.1 Å². The van der Waals surface area contributed by atoms with E-state index in [2.05, 4.69) is 15.3 Å². The van der Waals surface area contributed by atoms with E-state index in [9.17, 15) is 9.18 Å². The smallest absolute Gasteiger partial charge is 0.274 e. The van der Waals surface area contributed by atoms with Crippen molar-refractivity contribution in [3.8, 4) is 6.07 Å². The topological polar surface area (TPSA) is 113 Å². The van der Waals surface area contributed by atoms with Gasteiger partial charge in [0.05, 0.1) is 18.8 Å². The maximum atomic E-state index is 15.6. The third-order valence-electron chi connectivity index (χ3n) is 4.93. The number of amidine groups is 1. The largest absolute Gasteiger partial charge is 0.379 e. The van der Waals surface area contributed by atoms with E-state index < -0.39 is 22.9 Å². The highest BCUT2D eigenvalue weighted by atomic mass is 35.5. The molecule has 1 fully saturated rings. The molecule has 0 unspecified atom stereocenters. The van der Waals surface area contributed by atoms with Gasteiger partial charge in [-0.3, -0.25) is 4.79 Å². The van der Waals surface area contributed by atoms with Gasteiger partial charge in [0.2, 0.25) is 0 Å². The first-order valence-corrected chi connectivity index (χ1v) is 9.58. The van der Waals surface area contributed by atoms with E-state index in [1.165, 1.54) is 30.5 Å². The molecular weight excluding hydrogens is 436 g/mol. The Hall–Kier alpha value is -2.74. The number of hydrogen-bond donors (Lipinski definition) is 2. The molecule has 4 rings (SSSR count). The molecule has 2 aromatic rings. The van der Waals surface area contributed by atoms with Crippen molar-refractivity contribution in [1.29, 1.82) is 5.26 Å². The number of anilines is 1. The summed E-state index contributed by atoms with van der Waals surface area (Å²) in [5.74, 6) is -1.23. The highest BCUT2D eigenvalue weighted by Gasteiger charge is 2.61. The summed E-state index contributed by atoms with van der Waals surface area (Å²) >= 11 is 1.06. The minimum Gasteiger partial charge on any atom is -0.379 e. The predicted octanol–water partition coefficient (Wildman–Crippen LogP) is 2.76. The monoisotopic (exact) mass is 451 g/mol. The van der Waals surface area contributed by atoms with Crippen LogP contribution in [0.2, 0.25) is 0 Å². The number of ether oxygens (including phenoxy) is 1. The van der Waals surface area contributed by atoms with Crippen molar-refractivity contribution in [2.75, 3.05) is 24.3 Å². The number of pyridine rings is 1. The van der Waals surface area contributed by atoms with Crippen molar-refractivity contribution in [3.05, 3.63) is 59.2 Å². The molecule has 3 heterocycles. The molecule has 1 aromatic carbocycles. The Labute approximate surface area is 181 Å². The van der Waals surface area contributed by atoms with Crippen LogP contribution in [0.1, 0.15) is 21.6 Å². The van der Waals surface area contributed by atoms with Gasteiger partial charge in [-0.2, -0.15) is 5.26 Å². The zero-order chi connectivity index (χ0) is 20.6. The molecule has 0 aliphatic carbocycles. The van der Waals surface area contributed by atoms with Crippen LogP contribution in [0.25, 0.3) is 0 Å². The molecule has 3 N–H and O–H groups in total. The fourth-order valence-electron chi connectivity index (χ4n) is 3.40. The number of carbonyl (C=O) groups excluding carboxylic acids is 1. The normalized spacial score (nSPS) is 24.8. The number of alkyl halides is 1. The lowest BCUT2D eigenvalue weighted by molar-refractivity contribution is 0.102. The minimum absolute atomic E-state index is 0. The number of nitriles is 1. The summed E-state index contributed by atoms with van der Waals surface area (Å²) in [6.07, 6.45) is 1.27. The van der Waals surface area contributed by atoms with E-state index in [0.717, 1.165) is 17.8 Å². The number of fused-ring (bicyclic) bond motifs is 1. The van der Waals surface area contributed by atoms with Gasteiger partial charge in [0.25, 0.3) is 5.91 Å². The van der Waals surface area contributed by atoms with E-state index in [1.54, 1.807) is 0 Å². The maximum Gasteiger partial charge on any atom is 0.274 e. The van der Waals surface area contributed by atoms with E-state index in [1.807, 2.05) is 6.07 Å². The Kier molecular flexibility index (Phi) is 5.99. The number of rotatable bonds is 3. The number of amides is 1. The van der Waals surface area contributed by atoms with Crippen molar-refractivity contribution in [2.45, 2.75) is 11.2 Å². The Morgan fingerprint density at radius 3 is 2.83 bits per heavy atom. The Morgan fingerprint density at radius 1 is 1.33 bits per heavy atom. The zero-order valence-corrected chi connectivity index (χ0v) is 17.0. The quantitative estimate of drug-likeness (QED) is 0.741. The molecular formula is C19H16ClF2N5O2S. The van der Waals surface area contributed by atoms with Crippen molar-refractivity contribution in [3.63, 3.8) is 0 Å². The molecule has 156 valence electrons. The minimum atomic E-state index is -1.92. The molecule has 0 saturated carbocycles. The second-order valence-corrected chi connectivity index (χ2v) is 7.75. The van der Waals surface area contributed by atoms with E-state index in [4.69, 9.17) is 15.7 Å². The molecule has 2 aliphatic heterocycles. The molecule has 0 spiro atoms. The molecule has 0 radical (unpaired) electrons. The third kappa shape index (κ3) is 3.60. The number of benzene rings is 1. The van der Waals surface area contributed by atoms with Crippen LogP contribution >= 0.6 is 24.2 Å². The number of nitrogens with one attached hydrogen (secondary N) is 1. The number of aliphatic imine (C=N–C) groups is 1. The molecule has 1 aromatic heterocycles. The Morgan fingerprint density at radius 2 is 2.13 bits per heavy atom. The molecule has 1 saturated heterocycles. The van der Waals surface area contributed by atoms with Crippen molar-refractivity contribution < 1.29 is 18.3 Å². The van der Waals surface area contributed by atoms with Crippen LogP contribution in [0.15, 0.2) is 41.5 Å². The summed E-state index contributed by atoms with van der Waals surface area (Å²) in [6.45, 7) is -0.377. The maximum absolute atomic E-state index is 15.6. The van der Waals surface area contributed by atoms with Crippen LogP contribution in [0, 0.1) is 17.1 Å². The van der Waals surface area contributed by atoms with Crippen LogP contribution in [0.3, 0.4) is 0 Å². The van der Waals surface area contributed by atoms with Crippen LogP contribution in [0.5, 0.6) is 0 Å². The molecule has 2 aliphatic rings. The lowest BCUT2D eigenvalue weighted by Gasteiger charge is -2.38. The number of thioether (sulfide) groups is 1. The van der Waals surface area contributed by atoms with Gasteiger partial charge in [-0.25, -0.2) is 18.8 Å². The van der Waals surface area contributed by atoms with Gasteiger partial charge in [0.1, 0.15) is 17.6 Å². The highest BCUT2D eigenvalue weighted by molar-refractivity contribution is 8.13. The molecule has 30 heavy (non-hydrogen) atoms. The van der Waals surface area contributed by atoms with E-state index in [-0.39, 0.29) is 53.5 Å². The number of halogens is 3. The number of nitrogens with zero attached hydrogens (tertiary/aromatic N) is 3. The molecule has 0 bridgehead atoms. The second-order valence-electron chi connectivity index (χ2n) is 6.75. The van der Waals surface area contributed by atoms with Gasteiger partial charge >= 0.3 is 0 Å². The van der Waals surface area contributed by atoms with Gasteiger partial charge in [0, 0.05) is 23.2 Å². The molecule has 11 heteroatoms. The summed E-state index contributed by atoms with van der Waals surface area (Å²) in [5, 5.41) is 11.6. The summed E-state index contributed by atoms with van der Waals surface area (Å²) in [6, 6.07) is 8.61. The summed E-state index contributed by atoms with van der Waals surface area (Å²) in [7, 11) is 0. The molecule has 1 amide bonds.